The molecule has 0 aliphatic carbocycles. The summed E-state index contributed by atoms with van der Waals surface area (Å²) < 4.78 is 10.8. The van der Waals surface area contributed by atoms with E-state index in [0.717, 1.165) is 31.0 Å². The van der Waals surface area contributed by atoms with Crippen LogP contribution in [0.3, 0.4) is 0 Å². The van der Waals surface area contributed by atoms with Crippen LogP contribution in [0.25, 0.3) is 0 Å². The number of likely N-dealkylation sites (tertiary alicyclic amines) is 1. The van der Waals surface area contributed by atoms with Gasteiger partial charge in [0.25, 0.3) is 0 Å². The Hall–Kier alpha value is -1.88. The summed E-state index contributed by atoms with van der Waals surface area (Å²) in [5.41, 5.74) is 0. The molecule has 1 aliphatic rings. The minimum absolute atomic E-state index is 0.0117. The minimum Gasteiger partial charge on any atom is -0.466 e. The fourth-order valence-corrected chi connectivity index (χ4v) is 3.24. The summed E-state index contributed by atoms with van der Waals surface area (Å²) in [5.74, 6) is 2.04. The van der Waals surface area contributed by atoms with Crippen LogP contribution in [0.4, 0.5) is 0 Å². The first-order valence-corrected chi connectivity index (χ1v) is 7.89. The molecule has 2 aromatic rings. The predicted molar refractivity (Wildman–Crippen MR) is 81.7 cm³/mol. The van der Waals surface area contributed by atoms with Gasteiger partial charge in [-0.3, -0.25) is 9.69 Å². The molecule has 0 N–H and O–H groups in total. The molecule has 5 heteroatoms. The summed E-state index contributed by atoms with van der Waals surface area (Å²) in [6.07, 6.45) is 4.64. The van der Waals surface area contributed by atoms with Crippen LogP contribution < -0.4 is 0 Å². The first kappa shape index (κ1) is 15.0. The summed E-state index contributed by atoms with van der Waals surface area (Å²) in [5, 5.41) is 3.64. The van der Waals surface area contributed by atoms with Gasteiger partial charge in [0.05, 0.1) is 6.20 Å². The first-order valence-electron chi connectivity index (χ1n) is 7.89. The zero-order valence-corrected chi connectivity index (χ0v) is 13.1. The zero-order valence-electron chi connectivity index (χ0n) is 13.1. The Morgan fingerprint density at radius 3 is 2.68 bits per heavy atom. The molecule has 1 fully saturated rings. The molecule has 0 bridgehead atoms. The van der Waals surface area contributed by atoms with Gasteiger partial charge in [0, 0.05) is 24.4 Å². The maximum atomic E-state index is 12.6. The highest BCUT2D eigenvalue weighted by molar-refractivity contribution is 5.95. The highest BCUT2D eigenvalue weighted by Crippen LogP contribution is 2.25. The van der Waals surface area contributed by atoms with Crippen molar-refractivity contribution in [1.82, 2.24) is 10.1 Å². The Bertz CT molecular complexity index is 612. The van der Waals surface area contributed by atoms with E-state index < -0.39 is 0 Å². The average Bonchev–Trinajstić information content (AvgIpc) is 3.25. The molecule has 118 valence electrons. The molecule has 2 atom stereocenters. The van der Waals surface area contributed by atoms with E-state index in [2.05, 4.69) is 10.1 Å². The summed E-state index contributed by atoms with van der Waals surface area (Å²) in [6, 6.07) is 5.74. The molecule has 0 saturated carbocycles. The van der Waals surface area contributed by atoms with Gasteiger partial charge in [0.1, 0.15) is 11.5 Å². The predicted octanol–water partition coefficient (Wildman–Crippen LogP) is 3.10. The van der Waals surface area contributed by atoms with Crippen LogP contribution >= 0.6 is 0 Å². The largest absolute Gasteiger partial charge is 0.466 e. The third-order valence-electron chi connectivity index (χ3n) is 4.49. The fraction of sp³-hybridized carbons (Fsp3) is 0.529. The van der Waals surface area contributed by atoms with Crippen LogP contribution in [0.1, 0.15) is 41.8 Å². The van der Waals surface area contributed by atoms with E-state index in [4.69, 9.17) is 8.94 Å². The molecule has 3 heterocycles. The van der Waals surface area contributed by atoms with Gasteiger partial charge in [-0.1, -0.05) is 12.1 Å². The lowest BCUT2D eigenvalue weighted by Crippen LogP contribution is -2.42. The number of carbonyl (C=O) groups is 1. The number of hydrogen-bond acceptors (Lipinski definition) is 5. The third kappa shape index (κ3) is 3.14. The summed E-state index contributed by atoms with van der Waals surface area (Å²) >= 11 is 0. The van der Waals surface area contributed by atoms with E-state index >= 15 is 0 Å². The Labute approximate surface area is 130 Å². The molecule has 1 saturated heterocycles. The van der Waals surface area contributed by atoms with Gasteiger partial charge in [0.15, 0.2) is 0 Å². The molecule has 2 aromatic heterocycles. The van der Waals surface area contributed by atoms with E-state index in [1.165, 1.54) is 19.0 Å². The highest BCUT2D eigenvalue weighted by atomic mass is 16.5. The van der Waals surface area contributed by atoms with Crippen molar-refractivity contribution in [1.29, 1.82) is 0 Å². The van der Waals surface area contributed by atoms with E-state index in [9.17, 15) is 4.79 Å². The van der Waals surface area contributed by atoms with Gasteiger partial charge in [-0.25, -0.2) is 0 Å². The second-order valence-electron chi connectivity index (χ2n) is 6.06. The molecule has 2 unspecified atom stereocenters. The van der Waals surface area contributed by atoms with Crippen LogP contribution in [-0.4, -0.2) is 35.0 Å². The molecule has 0 radical (unpaired) electrons. The number of carbonyl (C=O) groups excluding carboxylic acids is 1. The maximum Gasteiger partial charge on any atom is 0.205 e. The van der Waals surface area contributed by atoms with Gasteiger partial charge in [-0.2, -0.15) is 0 Å². The van der Waals surface area contributed by atoms with Crippen LogP contribution in [-0.2, 0) is 6.42 Å². The lowest BCUT2D eigenvalue weighted by atomic mass is 9.91. The zero-order chi connectivity index (χ0) is 15.5. The van der Waals surface area contributed by atoms with E-state index in [0.29, 0.717) is 5.76 Å². The van der Waals surface area contributed by atoms with Gasteiger partial charge < -0.3 is 8.94 Å². The normalized spacial score (nSPS) is 18.5. The Morgan fingerprint density at radius 2 is 2.09 bits per heavy atom. The summed E-state index contributed by atoms with van der Waals surface area (Å²) in [7, 11) is 0. The standard InChI is InChI=1S/C17H22N2O3/c1-12-5-6-14(21-12)11-15(19-9-3-4-10-19)13(2)17(20)16-7-8-18-22-16/h5-8,13,15H,3-4,9-11H2,1-2H3. The molecule has 0 aromatic carbocycles. The van der Waals surface area contributed by atoms with Gasteiger partial charge in [0.2, 0.25) is 11.5 Å². The Balaban J connectivity index is 1.79. The van der Waals surface area contributed by atoms with E-state index in [-0.39, 0.29) is 17.7 Å². The second-order valence-corrected chi connectivity index (χ2v) is 6.06. The van der Waals surface area contributed by atoms with Crippen molar-refractivity contribution >= 4 is 5.78 Å². The Kier molecular flexibility index (Phi) is 4.43. The van der Waals surface area contributed by atoms with Crippen molar-refractivity contribution in [3.05, 3.63) is 41.7 Å². The van der Waals surface area contributed by atoms with E-state index in [1.807, 2.05) is 26.0 Å². The number of nitrogens with zero attached hydrogens (tertiary/aromatic N) is 2. The summed E-state index contributed by atoms with van der Waals surface area (Å²) in [6.45, 7) is 6.00. The number of furan rings is 1. The number of aromatic nitrogens is 1. The molecule has 5 nitrogen and oxygen atoms in total. The van der Waals surface area contributed by atoms with Crippen molar-refractivity contribution < 1.29 is 13.7 Å². The fourth-order valence-electron chi connectivity index (χ4n) is 3.24. The molecule has 3 rings (SSSR count). The van der Waals surface area contributed by atoms with Crippen molar-refractivity contribution in [3.8, 4) is 0 Å². The van der Waals surface area contributed by atoms with Gasteiger partial charge in [-0.05, 0) is 45.0 Å². The molecule has 0 amide bonds. The van der Waals surface area contributed by atoms with Crippen molar-refractivity contribution in [2.45, 2.75) is 39.2 Å². The van der Waals surface area contributed by atoms with Gasteiger partial charge in [-0.15, -0.1) is 0 Å². The molecular weight excluding hydrogens is 280 g/mol. The number of aryl methyl sites for hydroxylation is 1. The monoisotopic (exact) mass is 302 g/mol. The quantitative estimate of drug-likeness (QED) is 0.767. The van der Waals surface area contributed by atoms with E-state index in [1.54, 1.807) is 6.07 Å². The lowest BCUT2D eigenvalue weighted by molar-refractivity contribution is 0.0785. The Morgan fingerprint density at radius 1 is 1.32 bits per heavy atom. The molecule has 0 spiro atoms. The maximum absolute atomic E-state index is 12.6. The topological polar surface area (TPSA) is 59.5 Å². The molecule has 22 heavy (non-hydrogen) atoms. The number of Topliss-reactive ketones (excluding diaryl/α,β-unsaturated/α-hetero) is 1. The smallest absolute Gasteiger partial charge is 0.205 e. The third-order valence-corrected chi connectivity index (χ3v) is 4.49. The van der Waals surface area contributed by atoms with Crippen molar-refractivity contribution in [2.75, 3.05) is 13.1 Å². The van der Waals surface area contributed by atoms with Gasteiger partial charge >= 0.3 is 0 Å². The van der Waals surface area contributed by atoms with Crippen LogP contribution in [0, 0.1) is 12.8 Å². The first-order chi connectivity index (χ1) is 10.6. The minimum atomic E-state index is -0.156. The molecule has 1 aliphatic heterocycles. The van der Waals surface area contributed by atoms with Crippen LogP contribution in [0.5, 0.6) is 0 Å². The second kappa shape index (κ2) is 6.48. The van der Waals surface area contributed by atoms with Crippen molar-refractivity contribution in [3.63, 3.8) is 0 Å². The number of ketones is 1. The summed E-state index contributed by atoms with van der Waals surface area (Å²) in [4.78, 5) is 15.0. The van der Waals surface area contributed by atoms with Crippen molar-refractivity contribution in [2.24, 2.45) is 5.92 Å². The molecular formula is C17H22N2O3. The highest BCUT2D eigenvalue weighted by Gasteiger charge is 2.33. The van der Waals surface area contributed by atoms with Crippen LogP contribution in [0.15, 0.2) is 33.3 Å². The number of rotatable bonds is 6. The number of hydrogen-bond donors (Lipinski definition) is 0. The van der Waals surface area contributed by atoms with Crippen LogP contribution in [0.2, 0.25) is 0 Å². The lowest BCUT2D eigenvalue weighted by Gasteiger charge is -2.30. The SMILES string of the molecule is Cc1ccc(CC(C(C)C(=O)c2ccno2)N2CCCC2)o1. The average molecular weight is 302 g/mol.